The molecule has 6 nitrogen and oxygen atoms in total. The van der Waals surface area contributed by atoms with Crippen LogP contribution in [-0.4, -0.2) is 43.0 Å². The minimum Gasteiger partial charge on any atom is -0.368 e. The lowest BCUT2D eigenvalue weighted by atomic mass is 10.2. The lowest BCUT2D eigenvalue weighted by molar-refractivity contribution is -0.114. The first-order valence-electron chi connectivity index (χ1n) is 8.56. The Morgan fingerprint density at radius 3 is 2.30 bits per heavy atom. The first-order valence-corrected chi connectivity index (χ1v) is 8.94. The van der Waals surface area contributed by atoms with E-state index in [2.05, 4.69) is 15.5 Å². The van der Waals surface area contributed by atoms with Gasteiger partial charge < -0.3 is 20.4 Å². The second kappa shape index (κ2) is 8.26. The van der Waals surface area contributed by atoms with Crippen LogP contribution in [-0.2, 0) is 4.79 Å². The standard InChI is InChI=1S/C19H20ClFN4O2/c1-13(26)22-14-3-2-4-15(11-14)23-19(27)25-9-7-24(8-10-25)16-5-6-18(21)17(20)12-16/h2-6,11-12H,7-10H2,1H3,(H,22,26)(H,23,27). The van der Waals surface area contributed by atoms with Gasteiger partial charge in [-0.3, -0.25) is 4.79 Å². The number of nitrogens with zero attached hydrogens (tertiary/aromatic N) is 2. The number of carbonyl (C=O) groups excluding carboxylic acids is 2. The highest BCUT2D eigenvalue weighted by Crippen LogP contribution is 2.24. The summed E-state index contributed by atoms with van der Waals surface area (Å²) in [4.78, 5) is 27.4. The Labute approximate surface area is 161 Å². The van der Waals surface area contributed by atoms with Crippen molar-refractivity contribution in [3.8, 4) is 0 Å². The molecule has 0 saturated carbocycles. The molecule has 0 bridgehead atoms. The zero-order valence-electron chi connectivity index (χ0n) is 14.8. The molecule has 2 aromatic rings. The molecule has 0 spiro atoms. The van der Waals surface area contributed by atoms with Gasteiger partial charge in [0, 0.05) is 50.2 Å². The highest BCUT2D eigenvalue weighted by atomic mass is 35.5. The summed E-state index contributed by atoms with van der Waals surface area (Å²) in [7, 11) is 0. The topological polar surface area (TPSA) is 64.7 Å². The van der Waals surface area contributed by atoms with Crippen LogP contribution in [0.5, 0.6) is 0 Å². The maximum absolute atomic E-state index is 13.3. The van der Waals surface area contributed by atoms with Crippen LogP contribution in [0.4, 0.5) is 26.2 Å². The normalized spacial score (nSPS) is 14.0. The van der Waals surface area contributed by atoms with Crippen LogP contribution in [0.25, 0.3) is 0 Å². The summed E-state index contributed by atoms with van der Waals surface area (Å²) in [5.74, 6) is -0.615. The number of piperazine rings is 1. The van der Waals surface area contributed by atoms with E-state index < -0.39 is 5.82 Å². The van der Waals surface area contributed by atoms with Crippen LogP contribution in [0.2, 0.25) is 5.02 Å². The van der Waals surface area contributed by atoms with E-state index in [9.17, 15) is 14.0 Å². The molecule has 0 aromatic heterocycles. The molecule has 1 fully saturated rings. The van der Waals surface area contributed by atoms with Gasteiger partial charge in [-0.1, -0.05) is 17.7 Å². The second-order valence-electron chi connectivity index (χ2n) is 6.26. The van der Waals surface area contributed by atoms with Crippen molar-refractivity contribution in [1.29, 1.82) is 0 Å². The van der Waals surface area contributed by atoms with E-state index in [-0.39, 0.29) is 17.0 Å². The number of benzene rings is 2. The maximum atomic E-state index is 13.3. The molecule has 27 heavy (non-hydrogen) atoms. The summed E-state index contributed by atoms with van der Waals surface area (Å²) < 4.78 is 13.3. The van der Waals surface area contributed by atoms with E-state index in [0.29, 0.717) is 37.6 Å². The number of nitrogens with one attached hydrogen (secondary N) is 2. The van der Waals surface area contributed by atoms with Crippen molar-refractivity contribution in [2.75, 3.05) is 41.7 Å². The molecule has 0 aliphatic carbocycles. The van der Waals surface area contributed by atoms with E-state index in [1.165, 1.54) is 13.0 Å². The van der Waals surface area contributed by atoms with Crippen LogP contribution < -0.4 is 15.5 Å². The van der Waals surface area contributed by atoms with Gasteiger partial charge in [-0.2, -0.15) is 0 Å². The lowest BCUT2D eigenvalue weighted by Crippen LogP contribution is -2.50. The van der Waals surface area contributed by atoms with Crippen molar-refractivity contribution in [2.45, 2.75) is 6.92 Å². The molecular formula is C19H20ClFN4O2. The summed E-state index contributed by atoms with van der Waals surface area (Å²) in [5.41, 5.74) is 2.07. The second-order valence-corrected chi connectivity index (χ2v) is 6.67. The average Bonchev–Trinajstić information content (AvgIpc) is 2.64. The minimum atomic E-state index is -0.445. The highest BCUT2D eigenvalue weighted by molar-refractivity contribution is 6.31. The van der Waals surface area contributed by atoms with Crippen LogP contribution in [0, 0.1) is 5.82 Å². The van der Waals surface area contributed by atoms with Crippen LogP contribution in [0.15, 0.2) is 42.5 Å². The molecule has 0 atom stereocenters. The average molecular weight is 391 g/mol. The van der Waals surface area contributed by atoms with Crippen molar-refractivity contribution in [3.63, 3.8) is 0 Å². The third kappa shape index (κ3) is 4.89. The first kappa shape index (κ1) is 19.0. The summed E-state index contributed by atoms with van der Waals surface area (Å²) in [6, 6.07) is 11.4. The third-order valence-electron chi connectivity index (χ3n) is 4.27. The van der Waals surface area contributed by atoms with Gasteiger partial charge >= 0.3 is 6.03 Å². The molecule has 1 heterocycles. The van der Waals surface area contributed by atoms with Gasteiger partial charge in [0.1, 0.15) is 5.82 Å². The number of rotatable bonds is 3. The molecule has 3 amide bonds. The third-order valence-corrected chi connectivity index (χ3v) is 4.56. The SMILES string of the molecule is CC(=O)Nc1cccc(NC(=O)N2CCN(c3ccc(F)c(Cl)c3)CC2)c1. The van der Waals surface area contributed by atoms with Crippen molar-refractivity contribution >= 4 is 40.6 Å². The number of anilines is 3. The Kier molecular flexibility index (Phi) is 5.81. The van der Waals surface area contributed by atoms with Crippen LogP contribution in [0.3, 0.4) is 0 Å². The fourth-order valence-electron chi connectivity index (χ4n) is 2.93. The van der Waals surface area contributed by atoms with Crippen molar-refractivity contribution in [1.82, 2.24) is 4.90 Å². The van der Waals surface area contributed by atoms with Gasteiger partial charge in [0.25, 0.3) is 0 Å². The number of hydrogen-bond donors (Lipinski definition) is 2. The maximum Gasteiger partial charge on any atom is 0.321 e. The van der Waals surface area contributed by atoms with E-state index in [1.807, 2.05) is 0 Å². The Morgan fingerprint density at radius 1 is 1.00 bits per heavy atom. The minimum absolute atomic E-state index is 0.0896. The molecule has 1 aliphatic heterocycles. The van der Waals surface area contributed by atoms with Gasteiger partial charge in [-0.05, 0) is 36.4 Å². The smallest absolute Gasteiger partial charge is 0.321 e. The monoisotopic (exact) mass is 390 g/mol. The summed E-state index contributed by atoms with van der Waals surface area (Å²) in [6.07, 6.45) is 0. The zero-order valence-corrected chi connectivity index (χ0v) is 15.6. The van der Waals surface area contributed by atoms with Crippen molar-refractivity contribution in [3.05, 3.63) is 53.3 Å². The molecule has 2 N–H and O–H groups in total. The summed E-state index contributed by atoms with van der Waals surface area (Å²) >= 11 is 5.84. The lowest BCUT2D eigenvalue weighted by Gasteiger charge is -2.36. The fraction of sp³-hybridized carbons (Fsp3) is 0.263. The van der Waals surface area contributed by atoms with E-state index in [4.69, 9.17) is 11.6 Å². The number of carbonyl (C=O) groups is 2. The first-order chi connectivity index (χ1) is 12.9. The number of hydrogen-bond acceptors (Lipinski definition) is 3. The Balaban J connectivity index is 1.57. The predicted octanol–water partition coefficient (Wildman–Crippen LogP) is 3.79. The van der Waals surface area contributed by atoms with E-state index in [1.54, 1.807) is 41.3 Å². The highest BCUT2D eigenvalue weighted by Gasteiger charge is 2.22. The predicted molar refractivity (Wildman–Crippen MR) is 105 cm³/mol. The Bertz CT molecular complexity index is 853. The molecule has 142 valence electrons. The van der Waals surface area contributed by atoms with Gasteiger partial charge in [0.15, 0.2) is 0 Å². The van der Waals surface area contributed by atoms with E-state index >= 15 is 0 Å². The van der Waals surface area contributed by atoms with E-state index in [0.717, 1.165) is 5.69 Å². The fourth-order valence-corrected chi connectivity index (χ4v) is 3.10. The molecule has 8 heteroatoms. The van der Waals surface area contributed by atoms with Crippen molar-refractivity contribution < 1.29 is 14.0 Å². The molecule has 3 rings (SSSR count). The van der Waals surface area contributed by atoms with Gasteiger partial charge in [-0.25, -0.2) is 9.18 Å². The van der Waals surface area contributed by atoms with Crippen molar-refractivity contribution in [2.24, 2.45) is 0 Å². The molecule has 0 radical (unpaired) electrons. The molecular weight excluding hydrogens is 371 g/mol. The largest absolute Gasteiger partial charge is 0.368 e. The number of urea groups is 1. The molecule has 1 saturated heterocycles. The Morgan fingerprint density at radius 2 is 1.67 bits per heavy atom. The van der Waals surface area contributed by atoms with Crippen LogP contribution in [0.1, 0.15) is 6.92 Å². The molecule has 1 aliphatic rings. The van der Waals surface area contributed by atoms with Crippen LogP contribution >= 0.6 is 11.6 Å². The summed E-state index contributed by atoms with van der Waals surface area (Å²) in [5, 5.41) is 5.61. The Hall–Kier alpha value is -2.80. The molecule has 2 aromatic carbocycles. The number of halogens is 2. The van der Waals surface area contributed by atoms with Gasteiger partial charge in [0.2, 0.25) is 5.91 Å². The number of amides is 3. The molecule has 0 unspecified atom stereocenters. The quantitative estimate of drug-likeness (QED) is 0.838. The zero-order chi connectivity index (χ0) is 19.4. The summed E-state index contributed by atoms with van der Waals surface area (Å²) in [6.45, 7) is 3.75. The van der Waals surface area contributed by atoms with Gasteiger partial charge in [-0.15, -0.1) is 0 Å². The van der Waals surface area contributed by atoms with Gasteiger partial charge in [0.05, 0.1) is 5.02 Å².